The van der Waals surface area contributed by atoms with Gasteiger partial charge in [-0.3, -0.25) is 4.79 Å². The third-order valence-electron chi connectivity index (χ3n) is 2.92. The molecule has 1 aromatic rings. The van der Waals surface area contributed by atoms with Crippen LogP contribution in [0.25, 0.3) is 0 Å². The Balaban J connectivity index is 2.33. The first-order valence-corrected chi connectivity index (χ1v) is 6.48. The van der Waals surface area contributed by atoms with Gasteiger partial charge in [-0.05, 0) is 18.2 Å². The molecule has 6 heteroatoms. The molecule has 0 aliphatic carbocycles. The number of hydrogen-bond acceptors (Lipinski definition) is 2. The van der Waals surface area contributed by atoms with E-state index in [1.807, 2.05) is 0 Å². The van der Waals surface area contributed by atoms with Gasteiger partial charge in [0.15, 0.2) is 5.75 Å². The Kier molecular flexibility index (Phi) is 4.19. The van der Waals surface area contributed by atoms with Crippen molar-refractivity contribution in [2.45, 2.75) is 13.0 Å². The summed E-state index contributed by atoms with van der Waals surface area (Å²) in [6.45, 7) is 1.16. The molecule has 2 rings (SSSR count). The maximum absolute atomic E-state index is 12.4. The summed E-state index contributed by atoms with van der Waals surface area (Å²) in [6.07, 6.45) is 2.04. The van der Waals surface area contributed by atoms with Crippen molar-refractivity contribution >= 4 is 27.5 Å². The van der Waals surface area contributed by atoms with E-state index in [4.69, 9.17) is 0 Å². The Hall–Kier alpha value is -1.43. The normalized spacial score (nSPS) is 19.1. The van der Waals surface area contributed by atoms with E-state index in [9.17, 15) is 13.6 Å². The molecule has 1 atom stereocenters. The van der Waals surface area contributed by atoms with Crippen molar-refractivity contribution in [2.24, 2.45) is 5.92 Å². The lowest BCUT2D eigenvalue weighted by Gasteiger charge is -2.20. The summed E-state index contributed by atoms with van der Waals surface area (Å²) < 4.78 is 29.9. The van der Waals surface area contributed by atoms with E-state index in [1.165, 1.54) is 11.0 Å². The van der Waals surface area contributed by atoms with Crippen LogP contribution in [-0.4, -0.2) is 19.1 Å². The van der Waals surface area contributed by atoms with Crippen molar-refractivity contribution in [2.75, 3.05) is 11.4 Å². The van der Waals surface area contributed by atoms with Crippen molar-refractivity contribution in [1.82, 2.24) is 0 Å². The highest BCUT2D eigenvalue weighted by molar-refractivity contribution is 9.10. The number of rotatable bonds is 4. The van der Waals surface area contributed by atoms with Gasteiger partial charge in [0.2, 0.25) is 5.91 Å². The second-order valence-corrected chi connectivity index (χ2v) is 5.11. The Morgan fingerprint density at radius 2 is 2.26 bits per heavy atom. The highest BCUT2D eigenvalue weighted by atomic mass is 79.9. The van der Waals surface area contributed by atoms with Gasteiger partial charge in [-0.1, -0.05) is 22.0 Å². The average molecular weight is 332 g/mol. The van der Waals surface area contributed by atoms with Gasteiger partial charge in [0.1, 0.15) is 0 Å². The summed E-state index contributed by atoms with van der Waals surface area (Å²) in [5.41, 5.74) is 0.359. The summed E-state index contributed by atoms with van der Waals surface area (Å²) in [7, 11) is 0. The topological polar surface area (TPSA) is 29.5 Å². The SMILES string of the molecule is C=CC1CC(=O)N(c2ccc(Br)cc2OC(F)F)C1. The monoisotopic (exact) mass is 331 g/mol. The molecule has 0 aromatic heterocycles. The van der Waals surface area contributed by atoms with Crippen LogP contribution in [0.5, 0.6) is 5.75 Å². The molecule has 1 unspecified atom stereocenters. The predicted octanol–water partition coefficient (Wildman–Crippen LogP) is 3.59. The van der Waals surface area contributed by atoms with E-state index in [1.54, 1.807) is 18.2 Å². The van der Waals surface area contributed by atoms with Crippen LogP contribution in [0.4, 0.5) is 14.5 Å². The molecule has 0 spiro atoms. The zero-order chi connectivity index (χ0) is 14.0. The Labute approximate surface area is 118 Å². The smallest absolute Gasteiger partial charge is 0.387 e. The van der Waals surface area contributed by atoms with Crippen LogP contribution in [0.15, 0.2) is 35.3 Å². The molecule has 0 saturated carbocycles. The second kappa shape index (κ2) is 5.69. The maximum atomic E-state index is 12.4. The van der Waals surface area contributed by atoms with Crippen LogP contribution in [0.1, 0.15) is 6.42 Å². The summed E-state index contributed by atoms with van der Waals surface area (Å²) in [4.78, 5) is 13.3. The molecular weight excluding hydrogens is 320 g/mol. The number of anilines is 1. The quantitative estimate of drug-likeness (QED) is 0.789. The molecule has 1 heterocycles. The molecule has 19 heavy (non-hydrogen) atoms. The molecule has 3 nitrogen and oxygen atoms in total. The van der Waals surface area contributed by atoms with E-state index >= 15 is 0 Å². The first-order valence-electron chi connectivity index (χ1n) is 5.68. The first kappa shape index (κ1) is 14.0. The molecule has 0 N–H and O–H groups in total. The van der Waals surface area contributed by atoms with Crippen LogP contribution in [-0.2, 0) is 4.79 Å². The number of halogens is 3. The minimum Gasteiger partial charge on any atom is -0.433 e. The number of carbonyl (C=O) groups excluding carboxylic acids is 1. The fourth-order valence-electron chi connectivity index (χ4n) is 2.03. The van der Waals surface area contributed by atoms with E-state index in [0.29, 0.717) is 23.1 Å². The Bertz CT molecular complexity index is 507. The van der Waals surface area contributed by atoms with Crippen molar-refractivity contribution in [3.05, 3.63) is 35.3 Å². The number of carbonyl (C=O) groups is 1. The average Bonchev–Trinajstić information content (AvgIpc) is 2.70. The molecule has 0 bridgehead atoms. The fourth-order valence-corrected chi connectivity index (χ4v) is 2.37. The third kappa shape index (κ3) is 3.12. The zero-order valence-electron chi connectivity index (χ0n) is 9.98. The predicted molar refractivity (Wildman–Crippen MR) is 71.4 cm³/mol. The number of nitrogens with zero attached hydrogens (tertiary/aromatic N) is 1. The van der Waals surface area contributed by atoms with E-state index < -0.39 is 6.61 Å². The molecule has 1 aliphatic rings. The lowest BCUT2D eigenvalue weighted by Crippen LogP contribution is -2.25. The van der Waals surface area contributed by atoms with E-state index in [0.717, 1.165) is 0 Å². The van der Waals surface area contributed by atoms with Crippen LogP contribution < -0.4 is 9.64 Å². The van der Waals surface area contributed by atoms with Gasteiger partial charge in [-0.25, -0.2) is 0 Å². The fraction of sp³-hybridized carbons (Fsp3) is 0.308. The molecule has 102 valence electrons. The van der Waals surface area contributed by atoms with Crippen LogP contribution in [0.3, 0.4) is 0 Å². The number of amides is 1. The summed E-state index contributed by atoms with van der Waals surface area (Å²) in [6, 6.07) is 4.70. The van der Waals surface area contributed by atoms with Crippen molar-refractivity contribution in [3.8, 4) is 5.75 Å². The second-order valence-electron chi connectivity index (χ2n) is 4.19. The minimum absolute atomic E-state index is 0.0116. The lowest BCUT2D eigenvalue weighted by molar-refractivity contribution is -0.117. The molecule has 1 aromatic carbocycles. The largest absolute Gasteiger partial charge is 0.433 e. The first-order chi connectivity index (χ1) is 9.01. The van der Waals surface area contributed by atoms with Crippen molar-refractivity contribution in [1.29, 1.82) is 0 Å². The van der Waals surface area contributed by atoms with Gasteiger partial charge < -0.3 is 9.64 Å². The Morgan fingerprint density at radius 1 is 1.53 bits per heavy atom. The molecular formula is C13H12BrF2NO2. The van der Waals surface area contributed by atoms with Crippen LogP contribution in [0.2, 0.25) is 0 Å². The van der Waals surface area contributed by atoms with Crippen molar-refractivity contribution in [3.63, 3.8) is 0 Å². The van der Waals surface area contributed by atoms with Gasteiger partial charge in [-0.2, -0.15) is 8.78 Å². The summed E-state index contributed by atoms with van der Waals surface area (Å²) in [5.74, 6) is -0.0932. The van der Waals surface area contributed by atoms with Gasteiger partial charge in [0.05, 0.1) is 5.69 Å². The molecule has 1 saturated heterocycles. The van der Waals surface area contributed by atoms with E-state index in [2.05, 4.69) is 27.2 Å². The highest BCUT2D eigenvalue weighted by Gasteiger charge is 2.31. The number of ether oxygens (including phenoxy) is 1. The van der Waals surface area contributed by atoms with Gasteiger partial charge in [-0.15, -0.1) is 6.58 Å². The molecule has 0 radical (unpaired) electrons. The van der Waals surface area contributed by atoms with Gasteiger partial charge in [0, 0.05) is 23.4 Å². The molecule has 1 amide bonds. The number of benzene rings is 1. The molecule has 1 aliphatic heterocycles. The highest BCUT2D eigenvalue weighted by Crippen LogP contribution is 2.36. The van der Waals surface area contributed by atoms with Crippen LogP contribution >= 0.6 is 15.9 Å². The lowest BCUT2D eigenvalue weighted by atomic mass is 10.1. The van der Waals surface area contributed by atoms with Gasteiger partial charge >= 0.3 is 6.61 Å². The standard InChI is InChI=1S/C13H12BrF2NO2/c1-2-8-5-12(18)17(7-8)10-4-3-9(14)6-11(10)19-13(15)16/h2-4,6,8,13H,1,5,7H2. The zero-order valence-corrected chi connectivity index (χ0v) is 11.6. The maximum Gasteiger partial charge on any atom is 0.387 e. The summed E-state index contributed by atoms with van der Waals surface area (Å²) in [5, 5.41) is 0. The van der Waals surface area contributed by atoms with Crippen LogP contribution in [0, 0.1) is 5.92 Å². The minimum atomic E-state index is -2.93. The summed E-state index contributed by atoms with van der Waals surface area (Å²) >= 11 is 3.19. The third-order valence-corrected chi connectivity index (χ3v) is 3.41. The molecule has 1 fully saturated rings. The Morgan fingerprint density at radius 3 is 2.84 bits per heavy atom. The van der Waals surface area contributed by atoms with Gasteiger partial charge in [0.25, 0.3) is 0 Å². The van der Waals surface area contributed by atoms with E-state index in [-0.39, 0.29) is 17.6 Å². The number of alkyl halides is 2. The number of hydrogen-bond donors (Lipinski definition) is 0. The van der Waals surface area contributed by atoms with Crippen molar-refractivity contribution < 1.29 is 18.3 Å².